The van der Waals surface area contributed by atoms with Crippen LogP contribution in [0.2, 0.25) is 0 Å². The summed E-state index contributed by atoms with van der Waals surface area (Å²) in [6.45, 7) is 0.600. The molecule has 6 heteroatoms. The molecule has 0 radical (unpaired) electrons. The second-order valence-corrected chi connectivity index (χ2v) is 6.55. The third-order valence-corrected chi connectivity index (χ3v) is 4.72. The van der Waals surface area contributed by atoms with Gasteiger partial charge in [0.2, 0.25) is 0 Å². The Labute approximate surface area is 161 Å². The van der Waals surface area contributed by atoms with Crippen LogP contribution in [0.5, 0.6) is 0 Å². The largest absolute Gasteiger partial charge is 0.319 e. The Kier molecular flexibility index (Phi) is 4.85. The molecule has 3 aromatic rings. The molecule has 0 aliphatic carbocycles. The summed E-state index contributed by atoms with van der Waals surface area (Å²) in [5.41, 5.74) is 2.50. The van der Waals surface area contributed by atoms with E-state index in [2.05, 4.69) is 10.3 Å². The number of aromatic nitrogens is 1. The topological polar surface area (TPSA) is 62.3 Å². The number of halogens is 1. The molecule has 2 amide bonds. The molecule has 5 nitrogen and oxygen atoms in total. The van der Waals surface area contributed by atoms with Gasteiger partial charge in [0.15, 0.2) is 0 Å². The van der Waals surface area contributed by atoms with E-state index in [-0.39, 0.29) is 22.9 Å². The van der Waals surface area contributed by atoms with Crippen LogP contribution in [-0.4, -0.2) is 23.3 Å². The van der Waals surface area contributed by atoms with E-state index < -0.39 is 11.7 Å². The summed E-state index contributed by atoms with van der Waals surface area (Å²) in [6.07, 6.45) is 3.22. The highest BCUT2D eigenvalue weighted by Gasteiger charge is 2.24. The predicted molar refractivity (Wildman–Crippen MR) is 105 cm³/mol. The zero-order valence-corrected chi connectivity index (χ0v) is 15.1. The Morgan fingerprint density at radius 3 is 2.68 bits per heavy atom. The molecule has 28 heavy (non-hydrogen) atoms. The van der Waals surface area contributed by atoms with Crippen molar-refractivity contribution in [2.45, 2.75) is 12.8 Å². The molecule has 1 aromatic heterocycles. The molecule has 1 aliphatic heterocycles. The molecule has 1 N–H and O–H groups in total. The predicted octanol–water partition coefficient (Wildman–Crippen LogP) is 4.07. The zero-order valence-electron chi connectivity index (χ0n) is 15.1. The number of anilines is 2. The van der Waals surface area contributed by atoms with Gasteiger partial charge >= 0.3 is 0 Å². The third-order valence-electron chi connectivity index (χ3n) is 4.72. The summed E-state index contributed by atoms with van der Waals surface area (Å²) in [6, 6.07) is 16.7. The molecule has 0 fully saturated rings. The van der Waals surface area contributed by atoms with Crippen molar-refractivity contribution in [1.82, 2.24) is 4.98 Å². The second kappa shape index (κ2) is 7.60. The van der Waals surface area contributed by atoms with Gasteiger partial charge in [-0.15, -0.1) is 0 Å². The van der Waals surface area contributed by atoms with E-state index in [0.717, 1.165) is 24.1 Å². The molecule has 0 saturated carbocycles. The minimum atomic E-state index is -0.522. The smallest absolute Gasteiger partial charge is 0.276 e. The maximum absolute atomic E-state index is 13.8. The minimum absolute atomic E-state index is 0.0853. The third kappa shape index (κ3) is 3.49. The van der Waals surface area contributed by atoms with Crippen molar-refractivity contribution in [3.8, 4) is 0 Å². The highest BCUT2D eigenvalue weighted by molar-refractivity contribution is 6.09. The van der Waals surface area contributed by atoms with Crippen molar-refractivity contribution in [1.29, 1.82) is 0 Å². The van der Waals surface area contributed by atoms with Gasteiger partial charge in [-0.3, -0.25) is 14.6 Å². The number of carbonyl (C=O) groups is 2. The van der Waals surface area contributed by atoms with Gasteiger partial charge in [0, 0.05) is 24.0 Å². The number of aryl methyl sites for hydroxylation is 1. The van der Waals surface area contributed by atoms with Crippen molar-refractivity contribution in [3.63, 3.8) is 0 Å². The van der Waals surface area contributed by atoms with Crippen LogP contribution in [-0.2, 0) is 6.42 Å². The number of hydrogen-bond acceptors (Lipinski definition) is 3. The average Bonchev–Trinajstić information content (AvgIpc) is 2.74. The number of para-hydroxylation sites is 2. The van der Waals surface area contributed by atoms with E-state index >= 15 is 0 Å². The van der Waals surface area contributed by atoms with Gasteiger partial charge in [-0.25, -0.2) is 4.39 Å². The number of rotatable bonds is 3. The Bertz CT molecular complexity index is 1050. The highest BCUT2D eigenvalue weighted by atomic mass is 19.1. The van der Waals surface area contributed by atoms with Gasteiger partial charge in [0.05, 0.1) is 5.69 Å². The molecule has 0 atom stereocenters. The van der Waals surface area contributed by atoms with Crippen molar-refractivity contribution in [2.75, 3.05) is 16.8 Å². The first-order valence-electron chi connectivity index (χ1n) is 9.05. The van der Waals surface area contributed by atoms with Gasteiger partial charge in [-0.1, -0.05) is 30.3 Å². The second-order valence-electron chi connectivity index (χ2n) is 6.55. The van der Waals surface area contributed by atoms with Crippen LogP contribution < -0.4 is 10.2 Å². The number of pyridine rings is 1. The first kappa shape index (κ1) is 17.9. The lowest BCUT2D eigenvalue weighted by Gasteiger charge is -2.29. The average molecular weight is 375 g/mol. The number of hydrogen-bond donors (Lipinski definition) is 1. The molecule has 2 aromatic carbocycles. The summed E-state index contributed by atoms with van der Waals surface area (Å²) in [4.78, 5) is 31.4. The van der Waals surface area contributed by atoms with Crippen LogP contribution in [0, 0.1) is 5.82 Å². The van der Waals surface area contributed by atoms with Crippen LogP contribution in [0.25, 0.3) is 0 Å². The number of nitrogens with one attached hydrogen (secondary N) is 1. The van der Waals surface area contributed by atoms with Gasteiger partial charge in [-0.05, 0) is 48.7 Å². The van der Waals surface area contributed by atoms with E-state index in [1.165, 1.54) is 30.5 Å². The lowest BCUT2D eigenvalue weighted by Crippen LogP contribution is -2.36. The molecule has 1 aliphatic rings. The van der Waals surface area contributed by atoms with Gasteiger partial charge < -0.3 is 10.2 Å². The summed E-state index contributed by atoms with van der Waals surface area (Å²) >= 11 is 0. The number of nitrogens with zero attached hydrogens (tertiary/aromatic N) is 2. The Balaban J connectivity index is 1.58. The molecule has 140 valence electrons. The van der Waals surface area contributed by atoms with E-state index in [1.807, 2.05) is 24.3 Å². The van der Waals surface area contributed by atoms with Crippen LogP contribution in [0.1, 0.15) is 32.8 Å². The van der Waals surface area contributed by atoms with Crippen molar-refractivity contribution >= 4 is 23.2 Å². The summed E-state index contributed by atoms with van der Waals surface area (Å²) in [5.74, 6) is -1.28. The lowest BCUT2D eigenvalue weighted by atomic mass is 10.0. The number of fused-ring (bicyclic) bond motifs is 1. The minimum Gasteiger partial charge on any atom is -0.319 e. The van der Waals surface area contributed by atoms with Crippen LogP contribution >= 0.6 is 0 Å². The van der Waals surface area contributed by atoms with Gasteiger partial charge in [0.1, 0.15) is 11.5 Å². The molecular weight excluding hydrogens is 357 g/mol. The van der Waals surface area contributed by atoms with Gasteiger partial charge in [-0.2, -0.15) is 0 Å². The fourth-order valence-electron chi connectivity index (χ4n) is 3.33. The maximum atomic E-state index is 13.8. The molecule has 2 heterocycles. The van der Waals surface area contributed by atoms with E-state index in [0.29, 0.717) is 6.54 Å². The van der Waals surface area contributed by atoms with Crippen molar-refractivity contribution < 1.29 is 14.0 Å². The summed E-state index contributed by atoms with van der Waals surface area (Å²) in [7, 11) is 0. The van der Waals surface area contributed by atoms with E-state index in [1.54, 1.807) is 17.0 Å². The summed E-state index contributed by atoms with van der Waals surface area (Å²) < 4.78 is 13.8. The number of benzene rings is 2. The molecule has 0 saturated heterocycles. The molecule has 0 unspecified atom stereocenters. The molecule has 4 rings (SSSR count). The van der Waals surface area contributed by atoms with E-state index in [9.17, 15) is 14.0 Å². The monoisotopic (exact) mass is 375 g/mol. The fraction of sp³-hybridized carbons (Fsp3) is 0.136. The zero-order chi connectivity index (χ0) is 19.5. The molecule has 0 bridgehead atoms. The molecule has 0 spiro atoms. The lowest BCUT2D eigenvalue weighted by molar-refractivity contribution is 0.0980. The highest BCUT2D eigenvalue weighted by Crippen LogP contribution is 2.28. The quantitative estimate of drug-likeness (QED) is 0.751. The fourth-order valence-corrected chi connectivity index (χ4v) is 3.33. The van der Waals surface area contributed by atoms with Crippen molar-refractivity contribution in [2.24, 2.45) is 0 Å². The number of amides is 2. The maximum Gasteiger partial charge on any atom is 0.276 e. The number of carbonyl (C=O) groups excluding carboxylic acids is 2. The van der Waals surface area contributed by atoms with Gasteiger partial charge in [0.25, 0.3) is 11.8 Å². The van der Waals surface area contributed by atoms with Crippen LogP contribution in [0.4, 0.5) is 15.8 Å². The van der Waals surface area contributed by atoms with E-state index in [4.69, 9.17) is 0 Å². The Morgan fingerprint density at radius 1 is 1.04 bits per heavy atom. The normalized spacial score (nSPS) is 13.0. The summed E-state index contributed by atoms with van der Waals surface area (Å²) in [5, 5.41) is 2.52. The Hall–Kier alpha value is -3.54. The molecular formula is C22H18FN3O2. The first-order valence-corrected chi connectivity index (χ1v) is 9.05. The first-order chi connectivity index (χ1) is 13.6. The van der Waals surface area contributed by atoms with Crippen LogP contribution in [0.15, 0.2) is 66.9 Å². The van der Waals surface area contributed by atoms with Crippen LogP contribution in [0.3, 0.4) is 0 Å². The Morgan fingerprint density at radius 2 is 1.82 bits per heavy atom. The standard InChI is InChI=1S/C22H18FN3O2/c23-17-8-2-3-9-18(17)25-21(27)16-11-12-24-19(14-16)22(28)26-13-5-7-15-6-1-4-10-20(15)26/h1-4,6,8-12,14H,5,7,13H2,(H,25,27). The SMILES string of the molecule is O=C(Nc1ccccc1F)c1ccnc(C(=O)N2CCCc3ccccc32)c1. The van der Waals surface area contributed by atoms with Crippen molar-refractivity contribution in [3.05, 3.63) is 89.5 Å².